The fraction of sp³-hybridized carbons (Fsp3) is 0.800. The minimum absolute atomic E-state index is 0.0359. The smallest absolute Gasteiger partial charge is 0.118 e. The van der Waals surface area contributed by atoms with E-state index in [4.69, 9.17) is 33.9 Å². The van der Waals surface area contributed by atoms with E-state index in [0.717, 1.165) is 12.0 Å². The van der Waals surface area contributed by atoms with Crippen molar-refractivity contribution >= 4 is 0 Å². The second kappa shape index (κ2) is 32.0. The van der Waals surface area contributed by atoms with Gasteiger partial charge in [-0.25, -0.2) is 0 Å². The number of unbranched alkanes of at least 4 members (excludes halogenated alkanes) is 9. The lowest BCUT2D eigenvalue weighted by Crippen LogP contribution is -2.14. The summed E-state index contributed by atoms with van der Waals surface area (Å²) in [6.45, 7) is 7.07. The monoisotopic (exact) mass is 544 g/mol. The summed E-state index contributed by atoms with van der Waals surface area (Å²) in [5.74, 6) is 0.457. The quantitative estimate of drug-likeness (QED) is 0.134. The Balaban J connectivity index is 0.000000721. The van der Waals surface area contributed by atoms with Crippen LogP contribution in [0.25, 0.3) is 0 Å². The van der Waals surface area contributed by atoms with Gasteiger partial charge in [0.05, 0.1) is 79.3 Å². The van der Waals surface area contributed by atoms with Crippen molar-refractivity contribution in [3.63, 3.8) is 0 Å². The zero-order valence-corrected chi connectivity index (χ0v) is 24.0. The lowest BCUT2D eigenvalue weighted by Gasteiger charge is -2.07. The van der Waals surface area contributed by atoms with Crippen LogP contribution in [0.4, 0.5) is 0 Å². The SMILES string of the molecule is CCCCCCCCCCCCc1ccccc1O.OCCOCCOCCOCCOCCOCCO. The number of benzene rings is 1. The van der Waals surface area contributed by atoms with Crippen molar-refractivity contribution < 1.29 is 39.0 Å². The van der Waals surface area contributed by atoms with E-state index in [0.29, 0.717) is 71.8 Å². The van der Waals surface area contributed by atoms with Crippen LogP contribution in [0.5, 0.6) is 5.75 Å². The van der Waals surface area contributed by atoms with Crippen LogP contribution in [-0.4, -0.2) is 94.6 Å². The molecule has 1 rings (SSSR count). The lowest BCUT2D eigenvalue weighted by atomic mass is 10.0. The number of ether oxygens (including phenoxy) is 5. The van der Waals surface area contributed by atoms with Crippen LogP contribution >= 0.6 is 0 Å². The normalized spacial score (nSPS) is 10.9. The molecule has 1 aromatic carbocycles. The summed E-state index contributed by atoms with van der Waals surface area (Å²) >= 11 is 0. The van der Waals surface area contributed by atoms with Gasteiger partial charge >= 0.3 is 0 Å². The van der Waals surface area contributed by atoms with E-state index < -0.39 is 0 Å². The van der Waals surface area contributed by atoms with Gasteiger partial charge in [-0.2, -0.15) is 0 Å². The molecule has 0 amide bonds. The van der Waals surface area contributed by atoms with Crippen molar-refractivity contribution in [2.75, 3.05) is 79.3 Å². The fourth-order valence-corrected chi connectivity index (χ4v) is 3.64. The molecule has 0 spiro atoms. The molecule has 0 radical (unpaired) electrons. The Morgan fingerprint density at radius 1 is 0.500 bits per heavy atom. The highest BCUT2D eigenvalue weighted by Crippen LogP contribution is 2.19. The summed E-state index contributed by atoms with van der Waals surface area (Å²) < 4.78 is 25.8. The minimum Gasteiger partial charge on any atom is -0.508 e. The molecule has 8 heteroatoms. The number of phenolic OH excluding ortho intramolecular Hbond substituents is 1. The predicted octanol–water partition coefficient (Wildman–Crippen LogP) is 4.91. The summed E-state index contributed by atoms with van der Waals surface area (Å²) in [7, 11) is 0. The van der Waals surface area contributed by atoms with Crippen molar-refractivity contribution in [1.29, 1.82) is 0 Å². The molecule has 0 aromatic heterocycles. The van der Waals surface area contributed by atoms with Crippen LogP contribution in [0.15, 0.2) is 24.3 Å². The summed E-state index contributed by atoms with van der Waals surface area (Å²) in [6, 6.07) is 7.71. The Labute approximate surface area is 231 Å². The fourth-order valence-electron chi connectivity index (χ4n) is 3.64. The van der Waals surface area contributed by atoms with E-state index in [-0.39, 0.29) is 13.2 Å². The van der Waals surface area contributed by atoms with Gasteiger partial charge in [-0.15, -0.1) is 0 Å². The zero-order chi connectivity index (χ0) is 27.8. The van der Waals surface area contributed by atoms with Crippen molar-refractivity contribution in [3.05, 3.63) is 29.8 Å². The van der Waals surface area contributed by atoms with Gasteiger partial charge < -0.3 is 39.0 Å². The third-order valence-corrected chi connectivity index (χ3v) is 5.75. The van der Waals surface area contributed by atoms with Gasteiger partial charge in [-0.3, -0.25) is 0 Å². The first-order valence-corrected chi connectivity index (χ1v) is 14.6. The van der Waals surface area contributed by atoms with Crippen LogP contribution in [0.1, 0.15) is 76.7 Å². The molecule has 0 atom stereocenters. The summed E-state index contributed by atoms with van der Waals surface area (Å²) in [6.07, 6.45) is 14.6. The van der Waals surface area contributed by atoms with Gasteiger partial charge in [0.1, 0.15) is 5.75 Å². The average molecular weight is 545 g/mol. The summed E-state index contributed by atoms with van der Waals surface area (Å²) in [4.78, 5) is 0. The Morgan fingerprint density at radius 3 is 1.26 bits per heavy atom. The number of rotatable bonds is 27. The largest absolute Gasteiger partial charge is 0.508 e. The Morgan fingerprint density at radius 2 is 0.868 bits per heavy atom. The number of hydrogen-bond acceptors (Lipinski definition) is 8. The van der Waals surface area contributed by atoms with Gasteiger partial charge in [-0.05, 0) is 24.5 Å². The zero-order valence-electron chi connectivity index (χ0n) is 24.0. The molecule has 3 N–H and O–H groups in total. The third kappa shape index (κ3) is 27.8. The number of aliphatic hydroxyl groups is 2. The maximum absolute atomic E-state index is 9.65. The van der Waals surface area contributed by atoms with Gasteiger partial charge in [-0.1, -0.05) is 82.9 Å². The molecule has 8 nitrogen and oxygen atoms in total. The molecule has 0 saturated carbocycles. The molecule has 0 aliphatic carbocycles. The molecule has 0 heterocycles. The van der Waals surface area contributed by atoms with E-state index in [1.807, 2.05) is 18.2 Å². The molecule has 1 aromatic rings. The molecule has 0 unspecified atom stereocenters. The summed E-state index contributed by atoms with van der Waals surface area (Å²) in [5.41, 5.74) is 1.10. The first-order chi connectivity index (χ1) is 18.8. The van der Waals surface area contributed by atoms with E-state index in [9.17, 15) is 5.11 Å². The number of phenols is 1. The first kappa shape index (κ1) is 36.7. The van der Waals surface area contributed by atoms with Crippen LogP contribution in [0.2, 0.25) is 0 Å². The van der Waals surface area contributed by atoms with Gasteiger partial charge in [0.15, 0.2) is 0 Å². The maximum Gasteiger partial charge on any atom is 0.118 e. The van der Waals surface area contributed by atoms with Crippen LogP contribution in [0, 0.1) is 0 Å². The topological polar surface area (TPSA) is 107 Å². The number of aromatic hydroxyl groups is 1. The Kier molecular flexibility index (Phi) is 30.9. The number of aryl methyl sites for hydroxylation is 1. The molecule has 0 aliphatic heterocycles. The van der Waals surface area contributed by atoms with E-state index in [1.54, 1.807) is 6.07 Å². The standard InChI is InChI=1S/C18H30O.C12H26O7/c1-2-3-4-5-6-7-8-9-10-11-14-17-15-12-13-16-18(17)19;13-1-3-15-5-7-17-9-11-19-12-10-18-8-6-16-4-2-14/h12-13,15-16,19H,2-11,14H2,1H3;13-14H,1-12H2. The molecule has 0 fully saturated rings. The molecule has 0 saturated heterocycles. The molecular weight excluding hydrogens is 488 g/mol. The highest BCUT2D eigenvalue weighted by molar-refractivity contribution is 5.31. The Bertz CT molecular complexity index is 557. The highest BCUT2D eigenvalue weighted by Gasteiger charge is 1.99. The molecule has 38 heavy (non-hydrogen) atoms. The van der Waals surface area contributed by atoms with Crippen molar-refractivity contribution in [1.82, 2.24) is 0 Å². The molecule has 224 valence electrons. The maximum atomic E-state index is 9.65. The first-order valence-electron chi connectivity index (χ1n) is 14.6. The van der Waals surface area contributed by atoms with Crippen molar-refractivity contribution in [2.45, 2.75) is 77.6 Å². The average Bonchev–Trinajstić information content (AvgIpc) is 2.93. The lowest BCUT2D eigenvalue weighted by molar-refractivity contribution is -0.0151. The summed E-state index contributed by atoms with van der Waals surface area (Å²) in [5, 5.41) is 26.6. The molecule has 0 aliphatic rings. The van der Waals surface area contributed by atoms with Crippen LogP contribution in [0.3, 0.4) is 0 Å². The molecule has 0 bridgehead atoms. The van der Waals surface area contributed by atoms with E-state index >= 15 is 0 Å². The van der Waals surface area contributed by atoms with Gasteiger partial charge in [0.25, 0.3) is 0 Å². The van der Waals surface area contributed by atoms with Gasteiger partial charge in [0, 0.05) is 0 Å². The van der Waals surface area contributed by atoms with Crippen molar-refractivity contribution in [2.24, 2.45) is 0 Å². The van der Waals surface area contributed by atoms with Gasteiger partial charge in [0.2, 0.25) is 0 Å². The number of aliphatic hydroxyl groups excluding tert-OH is 2. The highest BCUT2D eigenvalue weighted by atomic mass is 16.6. The minimum atomic E-state index is 0.0359. The van der Waals surface area contributed by atoms with E-state index in [1.165, 1.54) is 64.2 Å². The van der Waals surface area contributed by atoms with Crippen LogP contribution in [-0.2, 0) is 30.1 Å². The number of hydrogen-bond donors (Lipinski definition) is 3. The number of para-hydroxylation sites is 1. The predicted molar refractivity (Wildman–Crippen MR) is 152 cm³/mol. The molecular formula is C30H56O8. The van der Waals surface area contributed by atoms with Crippen molar-refractivity contribution in [3.8, 4) is 5.75 Å². The third-order valence-electron chi connectivity index (χ3n) is 5.75. The second-order valence-electron chi connectivity index (χ2n) is 9.07. The van der Waals surface area contributed by atoms with Crippen LogP contribution < -0.4 is 0 Å². The van der Waals surface area contributed by atoms with E-state index in [2.05, 4.69) is 6.92 Å². The Hall–Kier alpha value is -1.26. The second-order valence-corrected chi connectivity index (χ2v) is 9.07.